The third-order valence-electron chi connectivity index (χ3n) is 6.82. The van der Waals surface area contributed by atoms with E-state index in [1.807, 2.05) is 36.4 Å². The molecule has 1 unspecified atom stereocenters. The summed E-state index contributed by atoms with van der Waals surface area (Å²) in [6.07, 6.45) is 0.921. The van der Waals surface area contributed by atoms with Crippen molar-refractivity contribution in [3.63, 3.8) is 0 Å². The van der Waals surface area contributed by atoms with Crippen molar-refractivity contribution in [1.82, 2.24) is 5.32 Å². The van der Waals surface area contributed by atoms with E-state index in [1.54, 1.807) is 14.2 Å². The van der Waals surface area contributed by atoms with Crippen LogP contribution in [0.3, 0.4) is 0 Å². The molecule has 1 heterocycles. The van der Waals surface area contributed by atoms with Gasteiger partial charge in [-0.1, -0.05) is 60.7 Å². The largest absolute Gasteiger partial charge is 0.493 e. The minimum atomic E-state index is 0.00537. The molecule has 1 aliphatic heterocycles. The van der Waals surface area contributed by atoms with Crippen molar-refractivity contribution in [3.8, 4) is 23.0 Å². The third kappa shape index (κ3) is 5.57. The lowest BCUT2D eigenvalue weighted by Crippen LogP contribution is -2.31. The van der Waals surface area contributed by atoms with Gasteiger partial charge in [-0.05, 0) is 71.0 Å². The van der Waals surface area contributed by atoms with Crippen LogP contribution in [0, 0.1) is 6.92 Å². The zero-order valence-corrected chi connectivity index (χ0v) is 21.6. The Balaban J connectivity index is 1.45. The van der Waals surface area contributed by atoms with Gasteiger partial charge in [0.05, 0.1) is 20.3 Å². The number of nitrogens with one attached hydrogen (secondary N) is 1. The summed E-state index contributed by atoms with van der Waals surface area (Å²) in [4.78, 5) is 0. The third-order valence-corrected chi connectivity index (χ3v) is 6.82. The maximum Gasteiger partial charge on any atom is 0.162 e. The summed E-state index contributed by atoms with van der Waals surface area (Å²) in [6, 6.07) is 28.8. The number of hydrogen-bond donors (Lipinski definition) is 1. The van der Waals surface area contributed by atoms with Crippen LogP contribution in [0.25, 0.3) is 0 Å². The summed E-state index contributed by atoms with van der Waals surface area (Å²) in [5.41, 5.74) is 6.98. The Morgan fingerprint density at radius 3 is 1.81 bits per heavy atom. The number of fused-ring (bicyclic) bond motifs is 1. The predicted octanol–water partition coefficient (Wildman–Crippen LogP) is 6.41. The fourth-order valence-corrected chi connectivity index (χ4v) is 4.85. The second kappa shape index (κ2) is 11.4. The highest BCUT2D eigenvalue weighted by Gasteiger charge is 2.26. The molecule has 5 nitrogen and oxygen atoms in total. The van der Waals surface area contributed by atoms with Gasteiger partial charge in [0.1, 0.15) is 13.2 Å². The zero-order chi connectivity index (χ0) is 25.6. The van der Waals surface area contributed by atoms with Crippen LogP contribution in [0.15, 0.2) is 84.9 Å². The van der Waals surface area contributed by atoms with Crippen LogP contribution < -0.4 is 24.3 Å². The van der Waals surface area contributed by atoms with Gasteiger partial charge >= 0.3 is 0 Å². The molecular weight excluding hydrogens is 462 g/mol. The number of aryl methyl sites for hydroxylation is 1. The van der Waals surface area contributed by atoms with Crippen molar-refractivity contribution in [2.24, 2.45) is 0 Å². The molecule has 190 valence electrons. The van der Waals surface area contributed by atoms with Crippen LogP contribution in [0.2, 0.25) is 0 Å². The minimum Gasteiger partial charge on any atom is -0.493 e. The van der Waals surface area contributed by atoms with Crippen molar-refractivity contribution in [2.45, 2.75) is 32.6 Å². The molecule has 5 heteroatoms. The van der Waals surface area contributed by atoms with Crippen LogP contribution in [0.1, 0.15) is 39.4 Å². The number of ether oxygens (including phenoxy) is 4. The highest BCUT2D eigenvalue weighted by Crippen LogP contribution is 2.41. The average Bonchev–Trinajstić information content (AvgIpc) is 2.95. The molecule has 0 spiro atoms. The molecule has 4 aromatic carbocycles. The van der Waals surface area contributed by atoms with Gasteiger partial charge in [0, 0.05) is 6.54 Å². The van der Waals surface area contributed by atoms with Crippen LogP contribution in [0.4, 0.5) is 0 Å². The average molecular weight is 496 g/mol. The smallest absolute Gasteiger partial charge is 0.162 e. The summed E-state index contributed by atoms with van der Waals surface area (Å²) >= 11 is 0. The molecule has 1 N–H and O–H groups in total. The molecule has 0 saturated carbocycles. The maximum atomic E-state index is 6.23. The first-order valence-electron chi connectivity index (χ1n) is 12.6. The Labute approximate surface area is 219 Å². The summed E-state index contributed by atoms with van der Waals surface area (Å²) in [6.45, 7) is 3.96. The van der Waals surface area contributed by atoms with E-state index in [0.29, 0.717) is 13.2 Å². The van der Waals surface area contributed by atoms with Crippen LogP contribution in [-0.4, -0.2) is 20.8 Å². The van der Waals surface area contributed by atoms with E-state index in [-0.39, 0.29) is 6.04 Å². The topological polar surface area (TPSA) is 49.0 Å². The minimum absolute atomic E-state index is 0.00537. The van der Waals surface area contributed by atoms with E-state index >= 15 is 0 Å². The summed E-state index contributed by atoms with van der Waals surface area (Å²) in [5.74, 6) is 2.96. The Hall–Kier alpha value is -3.96. The van der Waals surface area contributed by atoms with Gasteiger partial charge in [0.15, 0.2) is 23.0 Å². The van der Waals surface area contributed by atoms with Crippen molar-refractivity contribution < 1.29 is 18.9 Å². The van der Waals surface area contributed by atoms with Gasteiger partial charge in [-0.15, -0.1) is 0 Å². The Bertz CT molecular complexity index is 1340. The number of methoxy groups -OCH3 is 2. The van der Waals surface area contributed by atoms with E-state index < -0.39 is 0 Å². The van der Waals surface area contributed by atoms with Crippen molar-refractivity contribution >= 4 is 0 Å². The Kier molecular flexibility index (Phi) is 7.62. The second-order valence-corrected chi connectivity index (χ2v) is 9.25. The van der Waals surface area contributed by atoms with Crippen LogP contribution >= 0.6 is 0 Å². The fraction of sp³-hybridized carbons (Fsp3) is 0.250. The van der Waals surface area contributed by atoms with Gasteiger partial charge in [0.25, 0.3) is 0 Å². The van der Waals surface area contributed by atoms with E-state index in [0.717, 1.165) is 58.2 Å². The summed E-state index contributed by atoms with van der Waals surface area (Å²) < 4.78 is 23.8. The molecule has 5 rings (SSSR count). The second-order valence-electron chi connectivity index (χ2n) is 9.25. The molecule has 1 aliphatic rings. The number of hydrogen-bond acceptors (Lipinski definition) is 5. The van der Waals surface area contributed by atoms with E-state index in [9.17, 15) is 0 Å². The number of rotatable bonds is 9. The zero-order valence-electron chi connectivity index (χ0n) is 21.6. The molecule has 0 radical (unpaired) electrons. The fourth-order valence-electron chi connectivity index (χ4n) is 4.85. The van der Waals surface area contributed by atoms with Gasteiger partial charge in [-0.25, -0.2) is 0 Å². The molecule has 0 aromatic heterocycles. The van der Waals surface area contributed by atoms with Gasteiger partial charge in [0.2, 0.25) is 0 Å². The normalized spacial score (nSPS) is 14.5. The van der Waals surface area contributed by atoms with Crippen molar-refractivity contribution in [3.05, 3.63) is 118 Å². The molecular formula is C32H33NO4. The van der Waals surface area contributed by atoms with E-state index in [1.165, 1.54) is 11.1 Å². The Morgan fingerprint density at radius 2 is 1.22 bits per heavy atom. The van der Waals surface area contributed by atoms with Crippen molar-refractivity contribution in [1.29, 1.82) is 0 Å². The number of benzene rings is 4. The SMILES string of the molecule is COc1cc2c(cc1OCc1ccccc1)CCNC2c1cc(OCc2ccccc2)c(OC)cc1C. The lowest BCUT2D eigenvalue weighted by atomic mass is 9.87. The molecule has 37 heavy (non-hydrogen) atoms. The molecule has 0 saturated heterocycles. The monoisotopic (exact) mass is 495 g/mol. The first-order chi connectivity index (χ1) is 18.2. The highest BCUT2D eigenvalue weighted by atomic mass is 16.5. The lowest BCUT2D eigenvalue weighted by molar-refractivity contribution is 0.283. The van der Waals surface area contributed by atoms with Crippen molar-refractivity contribution in [2.75, 3.05) is 20.8 Å². The molecule has 4 aromatic rings. The molecule has 0 fully saturated rings. The first kappa shape index (κ1) is 24.7. The van der Waals surface area contributed by atoms with Crippen LogP contribution in [-0.2, 0) is 19.6 Å². The molecule has 0 aliphatic carbocycles. The van der Waals surface area contributed by atoms with Gasteiger partial charge in [-0.2, -0.15) is 0 Å². The quantitative estimate of drug-likeness (QED) is 0.291. The molecule has 0 bridgehead atoms. The standard InChI is InChI=1S/C32H33NO4/c1-22-16-28(34-2)31(37-21-24-12-8-5-9-13-24)18-26(22)32-27-19-29(35-3)30(17-25(27)14-15-33-32)36-20-23-10-6-4-7-11-23/h4-13,16-19,32-33H,14-15,20-21H2,1-3H3. The summed E-state index contributed by atoms with van der Waals surface area (Å²) in [5, 5.41) is 3.71. The van der Waals surface area contributed by atoms with Crippen LogP contribution in [0.5, 0.6) is 23.0 Å². The van der Waals surface area contributed by atoms with E-state index in [2.05, 4.69) is 60.8 Å². The first-order valence-corrected chi connectivity index (χ1v) is 12.6. The van der Waals surface area contributed by atoms with E-state index in [4.69, 9.17) is 18.9 Å². The predicted molar refractivity (Wildman–Crippen MR) is 146 cm³/mol. The van der Waals surface area contributed by atoms with Gasteiger partial charge in [-0.3, -0.25) is 0 Å². The maximum absolute atomic E-state index is 6.23. The summed E-state index contributed by atoms with van der Waals surface area (Å²) in [7, 11) is 3.37. The van der Waals surface area contributed by atoms with Gasteiger partial charge < -0.3 is 24.3 Å². The Morgan fingerprint density at radius 1 is 0.676 bits per heavy atom. The molecule has 0 amide bonds. The molecule has 1 atom stereocenters. The lowest BCUT2D eigenvalue weighted by Gasteiger charge is -2.30. The highest BCUT2D eigenvalue weighted by molar-refractivity contribution is 5.55.